The zero-order chi connectivity index (χ0) is 21.9. The summed E-state index contributed by atoms with van der Waals surface area (Å²) in [5.41, 5.74) is 0. The van der Waals surface area contributed by atoms with Crippen LogP contribution in [-0.4, -0.2) is 75.9 Å². The van der Waals surface area contributed by atoms with Crippen molar-refractivity contribution in [3.8, 4) is 0 Å². The van der Waals surface area contributed by atoms with E-state index < -0.39 is 63.3 Å². The molecule has 1 saturated heterocycles. The largest absolute Gasteiger partial charge is 0.468 e. The zero-order valence-corrected chi connectivity index (χ0v) is 17.7. The number of rotatable bonds is 7. The van der Waals surface area contributed by atoms with E-state index >= 15 is 0 Å². The molecule has 0 aromatic heterocycles. The van der Waals surface area contributed by atoms with Gasteiger partial charge in [0, 0.05) is 21.0 Å². The third kappa shape index (κ3) is 5.63. The summed E-state index contributed by atoms with van der Waals surface area (Å²) in [5.74, 6) is -2.44. The van der Waals surface area contributed by atoms with E-state index in [4.69, 9.17) is 18.9 Å². The van der Waals surface area contributed by atoms with E-state index in [9.17, 15) is 22.8 Å². The Labute approximate surface area is 164 Å². The summed E-state index contributed by atoms with van der Waals surface area (Å²) in [5, 5.41) is 0. The number of hydrogen-bond donors (Lipinski definition) is 1. The Morgan fingerprint density at radius 3 is 1.89 bits per heavy atom. The first-order chi connectivity index (χ1) is 12.7. The summed E-state index contributed by atoms with van der Waals surface area (Å²) in [4.78, 5) is 35.3. The van der Waals surface area contributed by atoms with Gasteiger partial charge in [-0.05, 0) is 20.8 Å². The van der Waals surface area contributed by atoms with E-state index in [1.54, 1.807) is 0 Å². The number of nitrogens with one attached hydrogen (secondary N) is 1. The second-order valence-corrected chi connectivity index (χ2v) is 9.55. The van der Waals surface area contributed by atoms with Crippen molar-refractivity contribution in [2.45, 2.75) is 70.0 Å². The third-order valence-electron chi connectivity index (χ3n) is 3.92. The van der Waals surface area contributed by atoms with Crippen molar-refractivity contribution in [3.05, 3.63) is 0 Å². The highest BCUT2D eigenvalue weighted by Crippen LogP contribution is 2.31. The van der Waals surface area contributed by atoms with Crippen LogP contribution < -0.4 is 4.72 Å². The average Bonchev–Trinajstić information content (AvgIpc) is 2.87. The summed E-state index contributed by atoms with van der Waals surface area (Å²) in [6, 6.07) is -1.59. The minimum absolute atomic E-state index is 0.710. The molecule has 0 spiro atoms. The number of methoxy groups -OCH3 is 2. The molecule has 28 heavy (non-hydrogen) atoms. The van der Waals surface area contributed by atoms with Crippen LogP contribution in [0.25, 0.3) is 0 Å². The number of hydrogen-bond acceptors (Lipinski definition) is 10. The number of sulfonamides is 1. The van der Waals surface area contributed by atoms with Gasteiger partial charge in [-0.1, -0.05) is 0 Å². The Kier molecular flexibility index (Phi) is 7.94. The van der Waals surface area contributed by atoms with Crippen LogP contribution in [0, 0.1) is 0 Å². The van der Waals surface area contributed by atoms with Crippen molar-refractivity contribution < 1.29 is 46.5 Å². The average molecular weight is 425 g/mol. The Morgan fingerprint density at radius 1 is 1.00 bits per heavy atom. The third-order valence-corrected chi connectivity index (χ3v) is 6.09. The van der Waals surface area contributed by atoms with Crippen LogP contribution in [0.2, 0.25) is 0 Å². The highest BCUT2D eigenvalue weighted by molar-refractivity contribution is 7.90. The van der Waals surface area contributed by atoms with Crippen molar-refractivity contribution in [1.29, 1.82) is 0 Å². The summed E-state index contributed by atoms with van der Waals surface area (Å²) in [6.07, 6.45) is -5.12. The van der Waals surface area contributed by atoms with Gasteiger partial charge < -0.3 is 23.7 Å². The summed E-state index contributed by atoms with van der Waals surface area (Å²) >= 11 is 0. The van der Waals surface area contributed by atoms with Crippen molar-refractivity contribution in [2.24, 2.45) is 0 Å². The molecule has 5 atom stereocenters. The highest BCUT2D eigenvalue weighted by atomic mass is 32.2. The molecule has 0 aromatic rings. The lowest BCUT2D eigenvalue weighted by Crippen LogP contribution is -2.57. The van der Waals surface area contributed by atoms with Crippen molar-refractivity contribution in [2.75, 3.05) is 14.2 Å². The number of esters is 3. The molecule has 1 fully saturated rings. The van der Waals surface area contributed by atoms with Gasteiger partial charge in [0.1, 0.15) is 12.1 Å². The van der Waals surface area contributed by atoms with E-state index in [1.165, 1.54) is 27.9 Å². The van der Waals surface area contributed by atoms with Gasteiger partial charge in [-0.25, -0.2) is 8.42 Å². The maximum Gasteiger partial charge on any atom is 0.326 e. The first-order valence-corrected chi connectivity index (χ1v) is 9.86. The molecule has 0 aliphatic carbocycles. The SMILES string of the molecule is COC(=O)[C@@H](NS(=O)(=O)C(C)(C)C)[C@H]1O[C@@H](OC)[C@H](OC(C)=O)[C@@H]1OC(C)=O. The maximum atomic E-state index is 12.6. The van der Waals surface area contributed by atoms with Crippen LogP contribution in [0.3, 0.4) is 0 Å². The number of carbonyl (C=O) groups is 3. The Balaban J connectivity index is 3.37. The zero-order valence-electron chi connectivity index (χ0n) is 16.9. The van der Waals surface area contributed by atoms with Gasteiger partial charge >= 0.3 is 17.9 Å². The Hall–Kier alpha value is -1.76. The fourth-order valence-corrected chi connectivity index (χ4v) is 3.39. The highest BCUT2D eigenvalue weighted by Gasteiger charge is 2.55. The van der Waals surface area contributed by atoms with Crippen molar-refractivity contribution in [1.82, 2.24) is 4.72 Å². The molecule has 1 rings (SSSR count). The van der Waals surface area contributed by atoms with Crippen LogP contribution in [0.15, 0.2) is 0 Å². The molecule has 0 radical (unpaired) electrons. The van der Waals surface area contributed by atoms with E-state index in [0.717, 1.165) is 21.0 Å². The minimum atomic E-state index is -4.03. The molecule has 1 N–H and O–H groups in total. The van der Waals surface area contributed by atoms with Gasteiger partial charge in [-0.3, -0.25) is 14.4 Å². The second-order valence-electron chi connectivity index (χ2n) is 7.09. The quantitative estimate of drug-likeness (QED) is 0.418. The Morgan fingerprint density at radius 2 is 1.50 bits per heavy atom. The fourth-order valence-electron chi connectivity index (χ4n) is 2.47. The van der Waals surface area contributed by atoms with Crippen LogP contribution >= 0.6 is 0 Å². The van der Waals surface area contributed by atoms with E-state index in [1.807, 2.05) is 0 Å². The van der Waals surface area contributed by atoms with Gasteiger partial charge in [0.2, 0.25) is 10.0 Å². The number of ether oxygens (including phenoxy) is 5. The minimum Gasteiger partial charge on any atom is -0.468 e. The van der Waals surface area contributed by atoms with Crippen LogP contribution in [0.1, 0.15) is 34.6 Å². The topological polar surface area (TPSA) is 144 Å². The molecule has 0 saturated carbocycles. The van der Waals surface area contributed by atoms with Crippen molar-refractivity contribution >= 4 is 27.9 Å². The maximum absolute atomic E-state index is 12.6. The molecular weight excluding hydrogens is 398 g/mol. The molecular formula is C16H27NO10S. The summed E-state index contributed by atoms with van der Waals surface area (Å²) in [6.45, 7) is 6.53. The molecule has 0 unspecified atom stereocenters. The molecule has 0 amide bonds. The lowest BCUT2D eigenvalue weighted by Gasteiger charge is -2.29. The molecule has 1 aliphatic heterocycles. The summed E-state index contributed by atoms with van der Waals surface area (Å²) in [7, 11) is -1.71. The van der Waals surface area contributed by atoms with E-state index in [2.05, 4.69) is 9.46 Å². The predicted octanol–water partition coefficient (Wildman–Crippen LogP) is -0.519. The molecule has 1 heterocycles. The smallest absolute Gasteiger partial charge is 0.326 e. The number of carbonyl (C=O) groups excluding carboxylic acids is 3. The first-order valence-electron chi connectivity index (χ1n) is 8.37. The fraction of sp³-hybridized carbons (Fsp3) is 0.812. The molecule has 162 valence electrons. The molecule has 1 aliphatic rings. The first kappa shape index (κ1) is 24.3. The van der Waals surface area contributed by atoms with Crippen LogP contribution in [0.5, 0.6) is 0 Å². The van der Waals surface area contributed by atoms with Gasteiger partial charge in [0.25, 0.3) is 0 Å². The lowest BCUT2D eigenvalue weighted by molar-refractivity contribution is -0.181. The summed E-state index contributed by atoms with van der Waals surface area (Å²) < 4.78 is 51.8. The Bertz CT molecular complexity index is 699. The van der Waals surface area contributed by atoms with Crippen LogP contribution in [-0.2, 0) is 48.1 Å². The van der Waals surface area contributed by atoms with Crippen molar-refractivity contribution in [3.63, 3.8) is 0 Å². The standard InChI is InChI=1S/C16H27NO10S/c1-8(18)25-12-11(27-15(24-7)13(12)26-9(2)19)10(14(20)23-6)17-28(21,22)16(3,4)5/h10-13,15,17H,1-7H3/t10-,11+,12+,13+,15+/m0/s1. The van der Waals surface area contributed by atoms with E-state index in [0.29, 0.717) is 0 Å². The van der Waals surface area contributed by atoms with Crippen LogP contribution in [0.4, 0.5) is 0 Å². The normalized spacial score (nSPS) is 26.4. The van der Waals surface area contributed by atoms with Gasteiger partial charge in [-0.2, -0.15) is 4.72 Å². The lowest BCUT2D eigenvalue weighted by atomic mass is 10.0. The second kappa shape index (κ2) is 9.16. The monoisotopic (exact) mass is 425 g/mol. The molecule has 12 heteroatoms. The predicted molar refractivity (Wildman–Crippen MR) is 94.4 cm³/mol. The van der Waals surface area contributed by atoms with Gasteiger partial charge in [0.05, 0.1) is 11.9 Å². The molecule has 0 aromatic carbocycles. The van der Waals surface area contributed by atoms with E-state index in [-0.39, 0.29) is 0 Å². The molecule has 0 bridgehead atoms. The van der Waals surface area contributed by atoms with Gasteiger partial charge in [0.15, 0.2) is 18.5 Å². The molecule has 11 nitrogen and oxygen atoms in total. The van der Waals surface area contributed by atoms with Gasteiger partial charge in [-0.15, -0.1) is 0 Å².